The van der Waals surface area contributed by atoms with Crippen molar-refractivity contribution >= 4 is 33.9 Å². The Morgan fingerprint density at radius 1 is 1.00 bits per heavy atom. The lowest BCUT2D eigenvalue weighted by atomic mass is 10.1. The number of benzene rings is 3. The Balaban J connectivity index is 1.63. The Hall–Kier alpha value is -3.40. The number of aromatic nitrogens is 1. The summed E-state index contributed by atoms with van der Waals surface area (Å²) in [5.41, 5.74) is 7.57. The number of hydrogen-bond donors (Lipinski definition) is 1. The number of rotatable bonds is 4. The SMILES string of the molecule is CCn1c2ccccc2c2cc(/C=N\NC(=O)c3ccccc3C)ccc21. The van der Waals surface area contributed by atoms with E-state index < -0.39 is 0 Å². The molecule has 3 aromatic carbocycles. The monoisotopic (exact) mass is 355 g/mol. The number of aryl methyl sites for hydroxylation is 2. The fraction of sp³-hybridized carbons (Fsp3) is 0.130. The minimum Gasteiger partial charge on any atom is -0.341 e. The van der Waals surface area contributed by atoms with Crippen LogP contribution in [0.3, 0.4) is 0 Å². The van der Waals surface area contributed by atoms with E-state index in [1.807, 2.05) is 31.2 Å². The molecule has 0 fully saturated rings. The van der Waals surface area contributed by atoms with Crippen molar-refractivity contribution in [3.8, 4) is 0 Å². The van der Waals surface area contributed by atoms with Gasteiger partial charge in [-0.1, -0.05) is 42.5 Å². The average Bonchev–Trinajstić information content (AvgIpc) is 3.01. The van der Waals surface area contributed by atoms with Gasteiger partial charge in [0.15, 0.2) is 0 Å². The smallest absolute Gasteiger partial charge is 0.271 e. The molecule has 1 aromatic heterocycles. The van der Waals surface area contributed by atoms with Gasteiger partial charge in [-0.05, 0) is 49.2 Å². The molecule has 0 atom stereocenters. The fourth-order valence-electron chi connectivity index (χ4n) is 3.55. The second kappa shape index (κ2) is 7.08. The summed E-state index contributed by atoms with van der Waals surface area (Å²) in [6, 6.07) is 22.2. The quantitative estimate of drug-likeness (QED) is 0.411. The van der Waals surface area contributed by atoms with Gasteiger partial charge in [0.1, 0.15) is 0 Å². The van der Waals surface area contributed by atoms with Crippen LogP contribution in [0.1, 0.15) is 28.4 Å². The maximum Gasteiger partial charge on any atom is 0.271 e. The van der Waals surface area contributed by atoms with Crippen molar-refractivity contribution < 1.29 is 4.79 Å². The van der Waals surface area contributed by atoms with Gasteiger partial charge in [0.2, 0.25) is 0 Å². The summed E-state index contributed by atoms with van der Waals surface area (Å²) >= 11 is 0. The molecule has 0 aliphatic heterocycles. The molecule has 1 amide bonds. The molecule has 4 rings (SSSR count). The number of nitrogens with zero attached hydrogens (tertiary/aromatic N) is 2. The molecule has 0 unspecified atom stereocenters. The molecular formula is C23H21N3O. The second-order valence-electron chi connectivity index (χ2n) is 6.55. The third-order valence-electron chi connectivity index (χ3n) is 4.88. The van der Waals surface area contributed by atoms with Crippen LogP contribution in [0.2, 0.25) is 0 Å². The first kappa shape index (κ1) is 17.0. The molecule has 1 N–H and O–H groups in total. The van der Waals surface area contributed by atoms with E-state index in [0.717, 1.165) is 17.7 Å². The summed E-state index contributed by atoms with van der Waals surface area (Å²) in [7, 11) is 0. The highest BCUT2D eigenvalue weighted by Crippen LogP contribution is 2.29. The summed E-state index contributed by atoms with van der Waals surface area (Å²) < 4.78 is 2.31. The molecule has 4 aromatic rings. The van der Waals surface area contributed by atoms with Crippen molar-refractivity contribution in [2.45, 2.75) is 20.4 Å². The molecule has 0 aliphatic rings. The molecule has 1 heterocycles. The van der Waals surface area contributed by atoms with Crippen molar-refractivity contribution in [1.29, 1.82) is 0 Å². The number of para-hydroxylation sites is 1. The summed E-state index contributed by atoms with van der Waals surface area (Å²) in [5, 5.41) is 6.57. The van der Waals surface area contributed by atoms with Crippen molar-refractivity contribution in [1.82, 2.24) is 9.99 Å². The first-order valence-corrected chi connectivity index (χ1v) is 9.09. The standard InChI is InChI=1S/C23H21N3O/c1-3-26-21-11-7-6-10-19(21)20-14-17(12-13-22(20)26)15-24-25-23(27)18-9-5-4-8-16(18)2/h4-15H,3H2,1-2H3,(H,25,27)/b24-15-. The molecule has 0 saturated heterocycles. The van der Waals surface area contributed by atoms with E-state index in [0.29, 0.717) is 5.56 Å². The lowest BCUT2D eigenvalue weighted by Crippen LogP contribution is -2.18. The first-order chi connectivity index (χ1) is 13.2. The molecule has 4 heteroatoms. The minimum atomic E-state index is -0.201. The number of hydrogen-bond acceptors (Lipinski definition) is 2. The van der Waals surface area contributed by atoms with Gasteiger partial charge < -0.3 is 4.57 Å². The summed E-state index contributed by atoms with van der Waals surface area (Å²) in [4.78, 5) is 12.3. The van der Waals surface area contributed by atoms with Crippen LogP contribution in [0, 0.1) is 6.92 Å². The van der Waals surface area contributed by atoms with Crippen molar-refractivity contribution in [2.75, 3.05) is 0 Å². The van der Waals surface area contributed by atoms with Gasteiger partial charge in [-0.3, -0.25) is 4.79 Å². The molecule has 0 bridgehead atoms. The van der Waals surface area contributed by atoms with Gasteiger partial charge in [-0.2, -0.15) is 5.10 Å². The number of amides is 1. The molecule has 0 saturated carbocycles. The van der Waals surface area contributed by atoms with E-state index in [2.05, 4.69) is 58.4 Å². The van der Waals surface area contributed by atoms with Crippen LogP contribution in [0.4, 0.5) is 0 Å². The minimum absolute atomic E-state index is 0.201. The molecule has 4 nitrogen and oxygen atoms in total. The van der Waals surface area contributed by atoms with Crippen LogP contribution >= 0.6 is 0 Å². The Morgan fingerprint density at radius 3 is 2.56 bits per heavy atom. The van der Waals surface area contributed by atoms with Gasteiger partial charge in [0.05, 0.1) is 6.21 Å². The van der Waals surface area contributed by atoms with Crippen LogP contribution in [0.25, 0.3) is 21.8 Å². The topological polar surface area (TPSA) is 46.4 Å². The van der Waals surface area contributed by atoms with Crippen LogP contribution in [-0.4, -0.2) is 16.7 Å². The van der Waals surface area contributed by atoms with Crippen LogP contribution in [0.15, 0.2) is 71.8 Å². The van der Waals surface area contributed by atoms with E-state index in [4.69, 9.17) is 0 Å². The van der Waals surface area contributed by atoms with E-state index in [-0.39, 0.29) is 5.91 Å². The molecule has 27 heavy (non-hydrogen) atoms. The van der Waals surface area contributed by atoms with E-state index in [9.17, 15) is 4.79 Å². The number of fused-ring (bicyclic) bond motifs is 3. The van der Waals surface area contributed by atoms with Crippen molar-refractivity contribution in [2.24, 2.45) is 5.10 Å². The van der Waals surface area contributed by atoms with Crippen LogP contribution in [0.5, 0.6) is 0 Å². The fourth-order valence-corrected chi connectivity index (χ4v) is 3.55. The lowest BCUT2D eigenvalue weighted by Gasteiger charge is -2.03. The number of carbonyl (C=O) groups excluding carboxylic acids is 1. The lowest BCUT2D eigenvalue weighted by molar-refractivity contribution is 0.0954. The van der Waals surface area contributed by atoms with Gasteiger partial charge in [-0.15, -0.1) is 0 Å². The summed E-state index contributed by atoms with van der Waals surface area (Å²) in [6.07, 6.45) is 1.69. The van der Waals surface area contributed by atoms with E-state index >= 15 is 0 Å². The molecule has 134 valence electrons. The normalized spacial score (nSPS) is 11.5. The second-order valence-corrected chi connectivity index (χ2v) is 6.55. The number of hydrazone groups is 1. The van der Waals surface area contributed by atoms with Crippen molar-refractivity contribution in [3.63, 3.8) is 0 Å². The molecule has 0 aliphatic carbocycles. The molecule has 0 radical (unpaired) electrons. The molecular weight excluding hydrogens is 334 g/mol. The highest BCUT2D eigenvalue weighted by Gasteiger charge is 2.09. The Morgan fingerprint density at radius 2 is 1.74 bits per heavy atom. The predicted molar refractivity (Wildman–Crippen MR) is 111 cm³/mol. The summed E-state index contributed by atoms with van der Waals surface area (Å²) in [5.74, 6) is -0.201. The zero-order valence-corrected chi connectivity index (χ0v) is 15.4. The third-order valence-corrected chi connectivity index (χ3v) is 4.88. The van der Waals surface area contributed by atoms with E-state index in [1.54, 1.807) is 12.3 Å². The number of nitrogens with one attached hydrogen (secondary N) is 1. The van der Waals surface area contributed by atoms with E-state index in [1.165, 1.54) is 21.8 Å². The molecule has 0 spiro atoms. The largest absolute Gasteiger partial charge is 0.341 e. The first-order valence-electron chi connectivity index (χ1n) is 9.09. The van der Waals surface area contributed by atoms with Gasteiger partial charge in [0.25, 0.3) is 5.91 Å². The van der Waals surface area contributed by atoms with Crippen LogP contribution < -0.4 is 5.43 Å². The number of carbonyl (C=O) groups is 1. The zero-order valence-electron chi connectivity index (χ0n) is 15.4. The predicted octanol–water partition coefficient (Wildman–Crippen LogP) is 4.89. The van der Waals surface area contributed by atoms with Crippen molar-refractivity contribution in [3.05, 3.63) is 83.4 Å². The highest BCUT2D eigenvalue weighted by molar-refractivity contribution is 6.09. The Labute approximate surface area is 158 Å². The maximum atomic E-state index is 12.3. The maximum absolute atomic E-state index is 12.3. The highest BCUT2D eigenvalue weighted by atomic mass is 16.2. The Bertz CT molecular complexity index is 1170. The zero-order chi connectivity index (χ0) is 18.8. The van der Waals surface area contributed by atoms with Gasteiger partial charge in [0, 0.05) is 33.9 Å². The van der Waals surface area contributed by atoms with Crippen LogP contribution in [-0.2, 0) is 6.54 Å². The third kappa shape index (κ3) is 3.10. The summed E-state index contributed by atoms with van der Waals surface area (Å²) in [6.45, 7) is 4.99. The Kier molecular flexibility index (Phi) is 4.47. The average molecular weight is 355 g/mol. The van der Waals surface area contributed by atoms with Gasteiger partial charge in [-0.25, -0.2) is 5.43 Å². The van der Waals surface area contributed by atoms with Gasteiger partial charge >= 0.3 is 0 Å².